The number of carbonyl (C=O) groups is 1. The van der Waals surface area contributed by atoms with Crippen molar-refractivity contribution in [1.82, 2.24) is 0 Å². The Hall–Kier alpha value is -2.42. The third-order valence-electron chi connectivity index (χ3n) is 2.87. The molecule has 0 saturated carbocycles. The van der Waals surface area contributed by atoms with Gasteiger partial charge in [-0.1, -0.05) is 41.9 Å². The van der Waals surface area contributed by atoms with Gasteiger partial charge >= 0.3 is 5.97 Å². The van der Waals surface area contributed by atoms with Crippen LogP contribution in [0.25, 0.3) is 0 Å². The van der Waals surface area contributed by atoms with Gasteiger partial charge in [-0.05, 0) is 29.8 Å². The van der Waals surface area contributed by atoms with E-state index < -0.39 is 5.97 Å². The number of anilines is 1. The molecule has 0 unspecified atom stereocenters. The van der Waals surface area contributed by atoms with Crippen molar-refractivity contribution in [3.05, 3.63) is 75.8 Å². The third kappa shape index (κ3) is 5.06. The van der Waals surface area contributed by atoms with Crippen LogP contribution in [0.1, 0.15) is 5.56 Å². The van der Waals surface area contributed by atoms with E-state index >= 15 is 0 Å². The summed E-state index contributed by atoms with van der Waals surface area (Å²) in [6.07, 6.45) is 0. The number of carbonyl (C=O) groups excluding carboxylic acids is 1. The standard InChI is InChI=1S/C17H13ClN2O2S/c18-13-6-8-14(9-7-13)20-16(23)15(10-19)17(21)22-11-12-4-2-1-3-5-12/h1-9,20,23H,11H2. The molecule has 116 valence electrons. The predicted octanol–water partition coefficient (Wildman–Crippen LogP) is 4.16. The molecular formula is C17H13ClN2O2S. The van der Waals surface area contributed by atoms with Gasteiger partial charge in [-0.15, -0.1) is 12.6 Å². The maximum absolute atomic E-state index is 12.0. The summed E-state index contributed by atoms with van der Waals surface area (Å²) in [5, 5.41) is 12.7. The molecule has 0 amide bonds. The van der Waals surface area contributed by atoms with E-state index in [-0.39, 0.29) is 17.2 Å². The summed E-state index contributed by atoms with van der Waals surface area (Å²) in [5.74, 6) is -0.734. The van der Waals surface area contributed by atoms with Gasteiger partial charge in [0.05, 0.1) is 5.03 Å². The molecule has 1 N–H and O–H groups in total. The molecular weight excluding hydrogens is 332 g/mol. The van der Waals surface area contributed by atoms with Crippen LogP contribution in [0.5, 0.6) is 0 Å². The van der Waals surface area contributed by atoms with Crippen molar-refractivity contribution >= 4 is 35.9 Å². The summed E-state index contributed by atoms with van der Waals surface area (Å²) in [5.41, 5.74) is 1.30. The van der Waals surface area contributed by atoms with Crippen molar-refractivity contribution in [3.8, 4) is 6.07 Å². The Morgan fingerprint density at radius 1 is 1.17 bits per heavy atom. The van der Waals surface area contributed by atoms with Gasteiger partial charge in [0, 0.05) is 10.7 Å². The van der Waals surface area contributed by atoms with Gasteiger partial charge in [-0.2, -0.15) is 5.26 Å². The molecule has 2 rings (SSSR count). The zero-order valence-electron chi connectivity index (χ0n) is 12.0. The second-order valence-corrected chi connectivity index (χ2v) is 5.41. The lowest BCUT2D eigenvalue weighted by atomic mass is 10.2. The number of hydrogen-bond donors (Lipinski definition) is 2. The largest absolute Gasteiger partial charge is 0.457 e. The number of hydrogen-bond acceptors (Lipinski definition) is 5. The third-order valence-corrected chi connectivity index (χ3v) is 3.46. The number of rotatable bonds is 5. The highest BCUT2D eigenvalue weighted by Crippen LogP contribution is 2.19. The topological polar surface area (TPSA) is 62.1 Å². The fourth-order valence-electron chi connectivity index (χ4n) is 1.72. The van der Waals surface area contributed by atoms with Crippen molar-refractivity contribution in [1.29, 1.82) is 5.26 Å². The van der Waals surface area contributed by atoms with Gasteiger partial charge in [0.15, 0.2) is 5.57 Å². The van der Waals surface area contributed by atoms with Crippen molar-refractivity contribution in [2.45, 2.75) is 6.61 Å². The van der Waals surface area contributed by atoms with E-state index in [1.54, 1.807) is 24.3 Å². The number of esters is 1. The van der Waals surface area contributed by atoms with Gasteiger partial charge in [-0.3, -0.25) is 0 Å². The lowest BCUT2D eigenvalue weighted by molar-refractivity contribution is -0.139. The molecule has 0 aliphatic heterocycles. The van der Waals surface area contributed by atoms with Crippen LogP contribution in [-0.2, 0) is 16.1 Å². The molecule has 0 aromatic heterocycles. The highest BCUT2D eigenvalue weighted by atomic mass is 35.5. The first-order valence-corrected chi connectivity index (χ1v) is 7.49. The Balaban J connectivity index is 2.05. The number of ether oxygens (including phenoxy) is 1. The fourth-order valence-corrected chi connectivity index (χ4v) is 2.12. The Morgan fingerprint density at radius 3 is 2.43 bits per heavy atom. The number of benzene rings is 2. The van der Waals surface area contributed by atoms with E-state index in [0.29, 0.717) is 10.7 Å². The minimum atomic E-state index is -0.734. The summed E-state index contributed by atoms with van der Waals surface area (Å²) >= 11 is 9.98. The lowest BCUT2D eigenvalue weighted by Gasteiger charge is -2.09. The summed E-state index contributed by atoms with van der Waals surface area (Å²) in [7, 11) is 0. The van der Waals surface area contributed by atoms with Crippen molar-refractivity contribution < 1.29 is 9.53 Å². The second kappa shape index (κ2) is 8.28. The van der Waals surface area contributed by atoms with E-state index in [9.17, 15) is 4.79 Å². The van der Waals surface area contributed by atoms with E-state index in [4.69, 9.17) is 21.6 Å². The number of thiol groups is 1. The minimum absolute atomic E-state index is 0.0901. The SMILES string of the molecule is N#CC(C(=O)OCc1ccccc1)=C(S)Nc1ccc(Cl)cc1. The molecule has 4 nitrogen and oxygen atoms in total. The molecule has 6 heteroatoms. The molecule has 0 fully saturated rings. The highest BCUT2D eigenvalue weighted by molar-refractivity contribution is 7.84. The van der Waals surface area contributed by atoms with Gasteiger partial charge in [0.1, 0.15) is 12.7 Å². The molecule has 23 heavy (non-hydrogen) atoms. The molecule has 0 saturated heterocycles. The highest BCUT2D eigenvalue weighted by Gasteiger charge is 2.15. The second-order valence-electron chi connectivity index (χ2n) is 4.53. The maximum Gasteiger partial charge on any atom is 0.351 e. The smallest absolute Gasteiger partial charge is 0.351 e. The molecule has 2 aromatic carbocycles. The summed E-state index contributed by atoms with van der Waals surface area (Å²) < 4.78 is 5.13. The number of nitrogens with zero attached hydrogens (tertiary/aromatic N) is 1. The minimum Gasteiger partial charge on any atom is -0.457 e. The monoisotopic (exact) mass is 344 g/mol. The van der Waals surface area contributed by atoms with Crippen LogP contribution in [0.15, 0.2) is 65.2 Å². The van der Waals surface area contributed by atoms with E-state index in [1.807, 2.05) is 36.4 Å². The average Bonchev–Trinajstić information content (AvgIpc) is 2.57. The van der Waals surface area contributed by atoms with Gasteiger partial charge in [0.2, 0.25) is 0 Å². The molecule has 0 spiro atoms. The van der Waals surface area contributed by atoms with E-state index in [2.05, 4.69) is 17.9 Å². The average molecular weight is 345 g/mol. The van der Waals surface area contributed by atoms with E-state index in [0.717, 1.165) is 5.56 Å². The fraction of sp³-hybridized carbons (Fsp3) is 0.0588. The van der Waals surface area contributed by atoms with Gasteiger partial charge in [0.25, 0.3) is 0 Å². The Bertz CT molecular complexity index is 752. The van der Waals surface area contributed by atoms with Gasteiger partial charge in [-0.25, -0.2) is 4.79 Å². The van der Waals surface area contributed by atoms with Crippen LogP contribution < -0.4 is 5.32 Å². The normalized spacial score (nSPS) is 11.2. The first-order valence-electron chi connectivity index (χ1n) is 6.67. The van der Waals surface area contributed by atoms with E-state index in [1.165, 1.54) is 0 Å². The molecule has 0 aliphatic carbocycles. The zero-order chi connectivity index (χ0) is 16.7. The molecule has 0 heterocycles. The Kier molecular flexibility index (Phi) is 6.10. The summed E-state index contributed by atoms with van der Waals surface area (Å²) in [6.45, 7) is 0.0901. The van der Waals surface area contributed by atoms with Gasteiger partial charge < -0.3 is 10.1 Å². The zero-order valence-corrected chi connectivity index (χ0v) is 13.6. The first-order chi connectivity index (χ1) is 11.1. The first kappa shape index (κ1) is 16.9. The molecule has 2 aromatic rings. The van der Waals surface area contributed by atoms with Crippen LogP contribution in [-0.4, -0.2) is 5.97 Å². The lowest BCUT2D eigenvalue weighted by Crippen LogP contribution is -2.11. The molecule has 0 aliphatic rings. The quantitative estimate of drug-likeness (QED) is 0.370. The van der Waals surface area contributed by atoms with Crippen molar-refractivity contribution in [3.63, 3.8) is 0 Å². The van der Waals surface area contributed by atoms with Crippen LogP contribution in [0.2, 0.25) is 5.02 Å². The number of halogens is 1. The van der Waals surface area contributed by atoms with Crippen LogP contribution >= 0.6 is 24.2 Å². The molecule has 0 atom stereocenters. The van der Waals surface area contributed by atoms with Crippen molar-refractivity contribution in [2.24, 2.45) is 0 Å². The molecule has 0 radical (unpaired) electrons. The Morgan fingerprint density at radius 2 is 1.83 bits per heavy atom. The van der Waals surface area contributed by atoms with Crippen LogP contribution in [0.4, 0.5) is 5.69 Å². The van der Waals surface area contributed by atoms with Crippen molar-refractivity contribution in [2.75, 3.05) is 5.32 Å². The Labute approximate surface area is 144 Å². The summed E-state index contributed by atoms with van der Waals surface area (Å²) in [6, 6.07) is 17.8. The van der Waals surface area contributed by atoms with Crippen LogP contribution in [0.3, 0.4) is 0 Å². The number of nitrogens with one attached hydrogen (secondary N) is 1. The van der Waals surface area contributed by atoms with Crippen LogP contribution in [0, 0.1) is 11.3 Å². The number of nitriles is 1. The summed E-state index contributed by atoms with van der Waals surface area (Å²) in [4.78, 5) is 12.0. The predicted molar refractivity (Wildman–Crippen MR) is 92.9 cm³/mol. The molecule has 0 bridgehead atoms. The maximum atomic E-state index is 12.0.